The molecule has 0 saturated heterocycles. The molecular weight excluding hydrogens is 276 g/mol. The van der Waals surface area contributed by atoms with E-state index in [1.165, 1.54) is 0 Å². The summed E-state index contributed by atoms with van der Waals surface area (Å²) in [6.07, 6.45) is -0.201. The fourth-order valence-electron chi connectivity index (χ4n) is 1.50. The summed E-state index contributed by atoms with van der Waals surface area (Å²) in [5, 5.41) is 10.3. The molecule has 1 heterocycles. The van der Waals surface area contributed by atoms with Gasteiger partial charge in [-0.1, -0.05) is 28.1 Å². The maximum Gasteiger partial charge on any atom is 0.277 e. The van der Waals surface area contributed by atoms with Gasteiger partial charge in [0.25, 0.3) is 12.4 Å². The van der Waals surface area contributed by atoms with Crippen molar-refractivity contribution in [1.29, 1.82) is 0 Å². The van der Waals surface area contributed by atoms with Crippen LogP contribution in [-0.4, -0.2) is 23.9 Å². The lowest BCUT2D eigenvalue weighted by atomic mass is 10.1. The molecule has 1 aromatic rings. The Morgan fingerprint density at radius 2 is 2.44 bits per heavy atom. The smallest absolute Gasteiger partial charge is 0.277 e. The molecule has 1 aliphatic rings. The number of benzene rings is 1. The molecule has 0 radical (unpaired) electrons. The Labute approximate surface area is 100 Å². The van der Waals surface area contributed by atoms with Gasteiger partial charge in [-0.05, 0) is 17.7 Å². The second-order valence-corrected chi connectivity index (χ2v) is 4.30. The van der Waals surface area contributed by atoms with Crippen LogP contribution >= 0.6 is 15.9 Å². The van der Waals surface area contributed by atoms with E-state index in [1.54, 1.807) is 0 Å². The molecule has 0 aliphatic carbocycles. The monoisotopic (exact) mass is 284 g/mol. The molecule has 5 nitrogen and oxygen atoms in total. The summed E-state index contributed by atoms with van der Waals surface area (Å²) >= 11 is 3.36. The van der Waals surface area contributed by atoms with Crippen LogP contribution in [0.25, 0.3) is 0 Å². The van der Waals surface area contributed by atoms with Gasteiger partial charge in [0.2, 0.25) is 0 Å². The number of rotatable bonds is 3. The molecular formula is C10H9BrN2O3. The lowest BCUT2D eigenvalue weighted by molar-refractivity contribution is -0.465. The maximum atomic E-state index is 10.3. The molecule has 1 aromatic carbocycles. The quantitative estimate of drug-likeness (QED) is 0.631. The van der Waals surface area contributed by atoms with Crippen LogP contribution in [0.15, 0.2) is 33.7 Å². The largest absolute Gasteiger partial charge is 0.466 e. The molecule has 0 bridgehead atoms. The minimum absolute atomic E-state index is 0.201. The zero-order valence-electron chi connectivity index (χ0n) is 8.30. The van der Waals surface area contributed by atoms with E-state index in [4.69, 9.17) is 4.74 Å². The van der Waals surface area contributed by atoms with Crippen LogP contribution in [0.4, 0.5) is 0 Å². The molecule has 0 amide bonds. The third kappa shape index (κ3) is 2.57. The standard InChI is InChI=1S/C10H9BrN2O3/c11-8-3-1-2-7(4-8)9-5-12-10(16-9)6-13(14)15/h1-4,9H,5-6H2. The highest BCUT2D eigenvalue weighted by atomic mass is 79.9. The van der Waals surface area contributed by atoms with Crippen molar-refractivity contribution >= 4 is 21.8 Å². The van der Waals surface area contributed by atoms with Gasteiger partial charge in [0.1, 0.15) is 6.10 Å². The molecule has 0 fully saturated rings. The van der Waals surface area contributed by atoms with Gasteiger partial charge >= 0.3 is 0 Å². The van der Waals surface area contributed by atoms with Crippen molar-refractivity contribution in [3.05, 3.63) is 44.4 Å². The van der Waals surface area contributed by atoms with E-state index in [0.717, 1.165) is 10.0 Å². The highest BCUT2D eigenvalue weighted by Crippen LogP contribution is 2.25. The predicted octanol–water partition coefficient (Wildman–Crippen LogP) is 2.20. The van der Waals surface area contributed by atoms with Gasteiger partial charge in [0, 0.05) is 9.40 Å². The first kappa shape index (κ1) is 11.1. The third-order valence-electron chi connectivity index (χ3n) is 2.20. The van der Waals surface area contributed by atoms with Crippen LogP contribution in [-0.2, 0) is 4.74 Å². The van der Waals surface area contributed by atoms with E-state index in [1.807, 2.05) is 24.3 Å². The molecule has 1 atom stereocenters. The summed E-state index contributed by atoms with van der Waals surface area (Å²) in [5.74, 6) is 0.204. The lowest BCUT2D eigenvalue weighted by Gasteiger charge is -2.10. The zero-order chi connectivity index (χ0) is 11.5. The first-order valence-electron chi connectivity index (χ1n) is 4.72. The predicted molar refractivity (Wildman–Crippen MR) is 62.1 cm³/mol. The summed E-state index contributed by atoms with van der Waals surface area (Å²) in [6, 6.07) is 7.65. The fraction of sp³-hybridized carbons (Fsp3) is 0.300. The molecule has 2 rings (SSSR count). The van der Waals surface area contributed by atoms with Gasteiger partial charge in [-0.3, -0.25) is 10.1 Å². The van der Waals surface area contributed by atoms with E-state index in [-0.39, 0.29) is 18.5 Å². The van der Waals surface area contributed by atoms with E-state index in [0.29, 0.717) is 6.54 Å². The van der Waals surface area contributed by atoms with E-state index >= 15 is 0 Å². The zero-order valence-corrected chi connectivity index (χ0v) is 9.88. The topological polar surface area (TPSA) is 64.7 Å². The molecule has 0 saturated carbocycles. The molecule has 16 heavy (non-hydrogen) atoms. The third-order valence-corrected chi connectivity index (χ3v) is 2.69. The van der Waals surface area contributed by atoms with Crippen LogP contribution in [0.2, 0.25) is 0 Å². The molecule has 0 N–H and O–H groups in total. The molecule has 0 aromatic heterocycles. The summed E-state index contributed by atoms with van der Waals surface area (Å²) < 4.78 is 6.36. The summed E-state index contributed by atoms with van der Waals surface area (Å²) in [7, 11) is 0. The Kier molecular flexibility index (Phi) is 3.19. The average molecular weight is 285 g/mol. The normalized spacial score (nSPS) is 19.1. The highest BCUT2D eigenvalue weighted by molar-refractivity contribution is 9.10. The van der Waals surface area contributed by atoms with Gasteiger partial charge in [-0.15, -0.1) is 0 Å². The average Bonchev–Trinajstić information content (AvgIpc) is 2.65. The van der Waals surface area contributed by atoms with E-state index < -0.39 is 4.92 Å². The Morgan fingerprint density at radius 1 is 1.62 bits per heavy atom. The number of aliphatic imine (C=N–C) groups is 1. The van der Waals surface area contributed by atoms with Gasteiger partial charge in [-0.25, -0.2) is 4.99 Å². The lowest BCUT2D eigenvalue weighted by Crippen LogP contribution is -2.15. The van der Waals surface area contributed by atoms with Crippen LogP contribution in [0.3, 0.4) is 0 Å². The number of nitrogens with zero attached hydrogens (tertiary/aromatic N) is 2. The van der Waals surface area contributed by atoms with Crippen molar-refractivity contribution in [2.45, 2.75) is 6.10 Å². The van der Waals surface area contributed by atoms with Crippen molar-refractivity contribution in [2.75, 3.05) is 13.1 Å². The Balaban J connectivity index is 2.03. The number of halogens is 1. The van der Waals surface area contributed by atoms with Gasteiger partial charge in [0.15, 0.2) is 0 Å². The number of hydrogen-bond acceptors (Lipinski definition) is 4. The molecule has 1 aliphatic heterocycles. The Morgan fingerprint density at radius 3 is 3.12 bits per heavy atom. The Bertz CT molecular complexity index is 447. The van der Waals surface area contributed by atoms with Crippen LogP contribution in [0.5, 0.6) is 0 Å². The summed E-state index contributed by atoms with van der Waals surface area (Å²) in [4.78, 5) is 13.8. The van der Waals surface area contributed by atoms with Gasteiger partial charge in [-0.2, -0.15) is 0 Å². The minimum atomic E-state index is -0.442. The van der Waals surface area contributed by atoms with E-state index in [2.05, 4.69) is 20.9 Å². The summed E-state index contributed by atoms with van der Waals surface area (Å²) in [5.41, 5.74) is 0.969. The molecule has 84 valence electrons. The summed E-state index contributed by atoms with van der Waals surface area (Å²) in [6.45, 7) is 0.101. The fourth-order valence-corrected chi connectivity index (χ4v) is 1.92. The number of ether oxygens (including phenoxy) is 1. The van der Waals surface area contributed by atoms with Crippen molar-refractivity contribution in [1.82, 2.24) is 0 Å². The van der Waals surface area contributed by atoms with Crippen molar-refractivity contribution in [2.24, 2.45) is 4.99 Å². The minimum Gasteiger partial charge on any atom is -0.466 e. The number of nitro groups is 1. The number of hydrogen-bond donors (Lipinski definition) is 0. The second kappa shape index (κ2) is 4.61. The van der Waals surface area contributed by atoms with Crippen molar-refractivity contribution in [3.8, 4) is 0 Å². The SMILES string of the molecule is O=[N+]([O-])CC1=NCC(c2cccc(Br)c2)O1. The molecule has 0 spiro atoms. The molecule has 1 unspecified atom stereocenters. The van der Waals surface area contributed by atoms with Crippen molar-refractivity contribution in [3.63, 3.8) is 0 Å². The Hall–Kier alpha value is -1.43. The molecule has 6 heteroatoms. The first-order valence-corrected chi connectivity index (χ1v) is 5.51. The van der Waals surface area contributed by atoms with E-state index in [9.17, 15) is 10.1 Å². The second-order valence-electron chi connectivity index (χ2n) is 3.39. The van der Waals surface area contributed by atoms with Crippen molar-refractivity contribution < 1.29 is 9.66 Å². The van der Waals surface area contributed by atoms with Gasteiger partial charge < -0.3 is 4.74 Å². The maximum absolute atomic E-state index is 10.3. The van der Waals surface area contributed by atoms with Crippen LogP contribution in [0, 0.1) is 10.1 Å². The first-order chi connectivity index (χ1) is 7.65. The van der Waals surface area contributed by atoms with Crippen LogP contribution < -0.4 is 0 Å². The van der Waals surface area contributed by atoms with Crippen LogP contribution in [0.1, 0.15) is 11.7 Å². The van der Waals surface area contributed by atoms with Gasteiger partial charge in [0.05, 0.1) is 6.54 Å². The highest BCUT2D eigenvalue weighted by Gasteiger charge is 2.24.